The summed E-state index contributed by atoms with van der Waals surface area (Å²) in [5.74, 6) is 0. The van der Waals surface area contributed by atoms with Gasteiger partial charge in [-0.15, -0.1) is 0 Å². The second-order valence-electron chi connectivity index (χ2n) is 5.78. The maximum atomic E-state index is 9.07. The van der Waals surface area contributed by atoms with Crippen molar-refractivity contribution in [3.8, 4) is 0 Å². The number of likely N-dealkylation sites (N-methyl/N-ethyl adjacent to an activating group) is 2. The van der Waals surface area contributed by atoms with Gasteiger partial charge >= 0.3 is 0 Å². The van der Waals surface area contributed by atoms with Crippen LogP contribution in [0.1, 0.15) is 0 Å². The van der Waals surface area contributed by atoms with E-state index in [-0.39, 0.29) is 13.2 Å². The Kier molecular flexibility index (Phi) is 4.87. The third-order valence-corrected chi connectivity index (χ3v) is 3.57. The molecule has 102 valence electrons. The first kappa shape index (κ1) is 15.1. The smallest absolute Gasteiger partial charge is 0.132 e. The summed E-state index contributed by atoms with van der Waals surface area (Å²) in [6, 6.07) is 8.40. The zero-order chi connectivity index (χ0) is 13.8. The van der Waals surface area contributed by atoms with Crippen molar-refractivity contribution in [3.05, 3.63) is 24.3 Å². The van der Waals surface area contributed by atoms with E-state index in [0.717, 1.165) is 0 Å². The van der Waals surface area contributed by atoms with Crippen molar-refractivity contribution in [1.29, 1.82) is 0 Å². The van der Waals surface area contributed by atoms with E-state index in [1.54, 1.807) is 0 Å². The van der Waals surface area contributed by atoms with E-state index >= 15 is 0 Å². The molecule has 4 heteroatoms. The van der Waals surface area contributed by atoms with Crippen molar-refractivity contribution < 1.29 is 10.2 Å². The fourth-order valence-corrected chi connectivity index (χ4v) is 2.02. The highest BCUT2D eigenvalue weighted by Gasteiger charge is 2.22. The first-order valence-electron chi connectivity index (χ1n) is 6.32. The second kappa shape index (κ2) is 5.80. The van der Waals surface area contributed by atoms with Crippen LogP contribution in [-0.4, -0.2) is 64.7 Å². The summed E-state index contributed by atoms with van der Waals surface area (Å²) in [6.45, 7) is 1.77. The average Bonchev–Trinajstić information content (AvgIpc) is 2.29. The van der Waals surface area contributed by atoms with Gasteiger partial charge in [-0.1, -0.05) is 0 Å². The van der Waals surface area contributed by atoms with Gasteiger partial charge in [-0.2, -0.15) is 0 Å². The highest BCUT2D eigenvalue weighted by atomic mass is 16.3. The van der Waals surface area contributed by atoms with Crippen molar-refractivity contribution in [2.75, 3.05) is 54.5 Å². The van der Waals surface area contributed by atoms with Crippen LogP contribution in [0.2, 0.25) is 0 Å². The van der Waals surface area contributed by atoms with Gasteiger partial charge in [-0.3, -0.25) is 8.97 Å². The van der Waals surface area contributed by atoms with E-state index in [1.165, 1.54) is 11.4 Å². The van der Waals surface area contributed by atoms with Gasteiger partial charge < -0.3 is 10.2 Å². The Labute approximate surface area is 110 Å². The maximum absolute atomic E-state index is 9.07. The lowest BCUT2D eigenvalue weighted by Crippen LogP contribution is -2.44. The molecule has 0 radical (unpaired) electrons. The topological polar surface area (TPSA) is 40.5 Å². The summed E-state index contributed by atoms with van der Waals surface area (Å²) in [6.07, 6.45) is 0. The molecule has 1 rings (SSSR count). The third kappa shape index (κ3) is 3.53. The van der Waals surface area contributed by atoms with Gasteiger partial charge in [-0.05, 0) is 0 Å². The molecule has 0 saturated carbocycles. The van der Waals surface area contributed by atoms with Crippen LogP contribution in [0.4, 0.5) is 11.4 Å². The van der Waals surface area contributed by atoms with E-state index in [2.05, 4.69) is 52.5 Å². The van der Waals surface area contributed by atoms with Gasteiger partial charge in [0.2, 0.25) is 0 Å². The Bertz CT molecular complexity index is 335. The van der Waals surface area contributed by atoms with Gasteiger partial charge in [0.05, 0.1) is 41.4 Å². The van der Waals surface area contributed by atoms with Gasteiger partial charge in [-0.25, -0.2) is 0 Å². The molecule has 0 amide bonds. The highest BCUT2D eigenvalue weighted by Crippen LogP contribution is 2.25. The predicted octanol–water partition coefficient (Wildman–Crippen LogP) is 0.805. The number of nitrogens with zero attached hydrogens (tertiary/aromatic N) is 2. The minimum atomic E-state index is 0.181. The number of quaternary nitrogens is 2. The summed E-state index contributed by atoms with van der Waals surface area (Å²) in [4.78, 5) is 0. The molecule has 0 aliphatic carbocycles. The molecule has 0 aliphatic heterocycles. The zero-order valence-corrected chi connectivity index (χ0v) is 11.9. The summed E-state index contributed by atoms with van der Waals surface area (Å²) < 4.78 is 1.34. The first-order chi connectivity index (χ1) is 8.33. The quantitative estimate of drug-likeness (QED) is 0.737. The molecule has 0 fully saturated rings. The molecule has 0 saturated heterocycles. The molecule has 0 spiro atoms. The number of benzene rings is 1. The van der Waals surface area contributed by atoms with Crippen molar-refractivity contribution >= 4 is 11.4 Å². The second-order valence-corrected chi connectivity index (χ2v) is 5.78. The lowest BCUT2D eigenvalue weighted by Gasteiger charge is -2.31. The lowest BCUT2D eigenvalue weighted by atomic mass is 10.2. The fraction of sp³-hybridized carbons (Fsp3) is 0.571. The molecular weight excluding hydrogens is 228 g/mol. The van der Waals surface area contributed by atoms with Gasteiger partial charge in [0.1, 0.15) is 24.5 Å². The number of aliphatic hydroxyl groups excluding tert-OH is 2. The Hall–Kier alpha value is -0.940. The molecule has 1 aromatic rings. The van der Waals surface area contributed by atoms with E-state index in [0.29, 0.717) is 22.1 Å². The molecule has 0 unspecified atom stereocenters. The number of hydrogen-bond acceptors (Lipinski definition) is 2. The number of aliphatic hydroxyl groups is 2. The van der Waals surface area contributed by atoms with Gasteiger partial charge in [0, 0.05) is 24.3 Å². The summed E-state index contributed by atoms with van der Waals surface area (Å²) in [5.41, 5.74) is 2.36. The average molecular weight is 254 g/mol. The summed E-state index contributed by atoms with van der Waals surface area (Å²) >= 11 is 0. The van der Waals surface area contributed by atoms with Crippen LogP contribution in [0, 0.1) is 0 Å². The summed E-state index contributed by atoms with van der Waals surface area (Å²) in [7, 11) is 8.33. The summed E-state index contributed by atoms with van der Waals surface area (Å²) in [5, 5.41) is 18.1. The molecule has 0 aromatic heterocycles. The van der Waals surface area contributed by atoms with Gasteiger partial charge in [0.25, 0.3) is 0 Å². The fourth-order valence-electron chi connectivity index (χ4n) is 2.02. The molecule has 18 heavy (non-hydrogen) atoms. The standard InChI is InChI=1S/C14H26N2O2/c1-15(2,9-11-17)13-5-7-14(8-6-13)16(3,4)10-12-18/h5-8,17-18H,9-12H2,1-4H3/q+2. The van der Waals surface area contributed by atoms with Crippen LogP contribution >= 0.6 is 0 Å². The van der Waals surface area contributed by atoms with Crippen LogP contribution in [0.25, 0.3) is 0 Å². The molecule has 0 heterocycles. The number of rotatable bonds is 6. The lowest BCUT2D eigenvalue weighted by molar-refractivity contribution is 0.240. The first-order valence-corrected chi connectivity index (χ1v) is 6.32. The molecular formula is C14H26N2O2+2. The van der Waals surface area contributed by atoms with Crippen LogP contribution in [-0.2, 0) is 0 Å². The van der Waals surface area contributed by atoms with E-state index in [4.69, 9.17) is 10.2 Å². The molecule has 0 atom stereocenters. The monoisotopic (exact) mass is 254 g/mol. The van der Waals surface area contributed by atoms with Crippen LogP contribution in [0.3, 0.4) is 0 Å². The SMILES string of the molecule is C[N+](C)(CCO)c1ccc([N+](C)(C)CCO)cc1. The Morgan fingerprint density at radius 3 is 1.22 bits per heavy atom. The molecule has 4 nitrogen and oxygen atoms in total. The van der Waals surface area contributed by atoms with Crippen LogP contribution in [0.5, 0.6) is 0 Å². The van der Waals surface area contributed by atoms with E-state index < -0.39 is 0 Å². The van der Waals surface area contributed by atoms with Crippen molar-refractivity contribution in [2.45, 2.75) is 0 Å². The zero-order valence-electron chi connectivity index (χ0n) is 11.9. The maximum Gasteiger partial charge on any atom is 0.132 e. The highest BCUT2D eigenvalue weighted by molar-refractivity contribution is 5.52. The normalized spacial score (nSPS) is 12.8. The van der Waals surface area contributed by atoms with E-state index in [9.17, 15) is 0 Å². The predicted molar refractivity (Wildman–Crippen MR) is 77.6 cm³/mol. The van der Waals surface area contributed by atoms with Gasteiger partial charge in [0.15, 0.2) is 0 Å². The Morgan fingerprint density at radius 2 is 1.00 bits per heavy atom. The molecule has 0 bridgehead atoms. The Balaban J connectivity index is 2.92. The van der Waals surface area contributed by atoms with Crippen molar-refractivity contribution in [3.63, 3.8) is 0 Å². The van der Waals surface area contributed by atoms with Crippen LogP contribution in [0.15, 0.2) is 24.3 Å². The number of hydrogen-bond donors (Lipinski definition) is 2. The van der Waals surface area contributed by atoms with E-state index in [1.807, 2.05) is 0 Å². The third-order valence-electron chi connectivity index (χ3n) is 3.57. The molecule has 1 aromatic carbocycles. The molecule has 2 N–H and O–H groups in total. The minimum absolute atomic E-state index is 0.181. The largest absolute Gasteiger partial charge is 0.390 e. The van der Waals surface area contributed by atoms with Crippen LogP contribution < -0.4 is 8.97 Å². The minimum Gasteiger partial charge on any atom is -0.390 e. The van der Waals surface area contributed by atoms with Crippen molar-refractivity contribution in [1.82, 2.24) is 8.97 Å². The molecule has 0 aliphatic rings. The Morgan fingerprint density at radius 1 is 0.722 bits per heavy atom. The van der Waals surface area contributed by atoms with Crippen molar-refractivity contribution in [2.24, 2.45) is 0 Å².